The number of hydrazine groups is 1. The predicted molar refractivity (Wildman–Crippen MR) is 82.3 cm³/mol. The lowest BCUT2D eigenvalue weighted by molar-refractivity contribution is 0.801. The molecule has 6 heteroatoms. The summed E-state index contributed by atoms with van der Waals surface area (Å²) in [7, 11) is 0. The lowest BCUT2D eigenvalue weighted by Crippen LogP contribution is -2.11. The summed E-state index contributed by atoms with van der Waals surface area (Å²) in [6.07, 6.45) is 1.51. The van der Waals surface area contributed by atoms with E-state index in [2.05, 4.69) is 25.9 Å². The van der Waals surface area contributed by atoms with Crippen molar-refractivity contribution >= 4 is 11.5 Å². The first-order valence-corrected chi connectivity index (χ1v) is 6.65. The van der Waals surface area contributed by atoms with Crippen molar-refractivity contribution in [1.29, 1.82) is 0 Å². The fourth-order valence-corrected chi connectivity index (χ4v) is 2.05. The molecule has 0 unspecified atom stereocenters. The van der Waals surface area contributed by atoms with E-state index in [4.69, 9.17) is 0 Å². The van der Waals surface area contributed by atoms with E-state index in [1.54, 1.807) is 4.68 Å². The molecule has 0 amide bonds. The highest BCUT2D eigenvalue weighted by molar-refractivity contribution is 5.50. The average molecular weight is 280 g/mol. The Morgan fingerprint density at radius 3 is 2.48 bits per heavy atom. The van der Waals surface area contributed by atoms with Crippen LogP contribution in [0.4, 0.5) is 11.5 Å². The summed E-state index contributed by atoms with van der Waals surface area (Å²) >= 11 is 0. The molecule has 0 bridgehead atoms. The van der Waals surface area contributed by atoms with Crippen LogP contribution in [0.2, 0.25) is 0 Å². The number of rotatable bonds is 4. The molecular formula is C15H16N6. The van der Waals surface area contributed by atoms with Crippen molar-refractivity contribution in [2.24, 2.45) is 0 Å². The fraction of sp³-hybridized carbons (Fsp3) is 0.133. The summed E-state index contributed by atoms with van der Waals surface area (Å²) in [6.45, 7) is 3.96. The number of hydrogen-bond acceptors (Lipinski definition) is 5. The van der Waals surface area contributed by atoms with Crippen LogP contribution in [0.5, 0.6) is 0 Å². The molecule has 106 valence electrons. The van der Waals surface area contributed by atoms with E-state index in [-0.39, 0.29) is 0 Å². The van der Waals surface area contributed by atoms with E-state index in [0.29, 0.717) is 5.82 Å². The Bertz CT molecular complexity index is 735. The van der Waals surface area contributed by atoms with Crippen LogP contribution in [0.1, 0.15) is 11.4 Å². The third-order valence-electron chi connectivity index (χ3n) is 2.99. The highest BCUT2D eigenvalue weighted by atomic mass is 15.4. The Balaban J connectivity index is 1.79. The highest BCUT2D eigenvalue weighted by Gasteiger charge is 2.06. The Labute approximate surface area is 122 Å². The van der Waals surface area contributed by atoms with Crippen LogP contribution in [0, 0.1) is 13.8 Å². The van der Waals surface area contributed by atoms with Gasteiger partial charge in [-0.3, -0.25) is 10.9 Å². The summed E-state index contributed by atoms with van der Waals surface area (Å²) in [5.74, 6) is 1.41. The molecule has 21 heavy (non-hydrogen) atoms. The third-order valence-corrected chi connectivity index (χ3v) is 2.99. The Hall–Kier alpha value is -2.89. The van der Waals surface area contributed by atoms with Crippen molar-refractivity contribution in [2.45, 2.75) is 13.8 Å². The summed E-state index contributed by atoms with van der Waals surface area (Å²) in [6, 6.07) is 13.7. The average Bonchev–Trinajstić information content (AvgIpc) is 2.85. The molecular weight excluding hydrogens is 264 g/mol. The van der Waals surface area contributed by atoms with Gasteiger partial charge in [-0.1, -0.05) is 18.2 Å². The molecule has 0 radical (unpaired) electrons. The first-order chi connectivity index (χ1) is 10.2. The van der Waals surface area contributed by atoms with Gasteiger partial charge in [0.25, 0.3) is 0 Å². The molecule has 0 atom stereocenters. The molecule has 2 N–H and O–H groups in total. The number of nitrogens with zero attached hydrogens (tertiary/aromatic N) is 4. The van der Waals surface area contributed by atoms with Gasteiger partial charge in [-0.15, -0.1) is 0 Å². The van der Waals surface area contributed by atoms with Crippen molar-refractivity contribution in [1.82, 2.24) is 19.7 Å². The quantitative estimate of drug-likeness (QED) is 0.719. The van der Waals surface area contributed by atoms with Crippen LogP contribution in [-0.4, -0.2) is 19.7 Å². The molecule has 0 aliphatic rings. The van der Waals surface area contributed by atoms with Crippen molar-refractivity contribution in [3.8, 4) is 5.82 Å². The SMILES string of the molecule is Cc1cc(C)n(-c2cc(NNc3ccccc3)ncn2)n1. The second-order valence-electron chi connectivity index (χ2n) is 4.72. The highest BCUT2D eigenvalue weighted by Crippen LogP contribution is 2.13. The molecule has 0 spiro atoms. The van der Waals surface area contributed by atoms with Crippen molar-refractivity contribution < 1.29 is 0 Å². The summed E-state index contributed by atoms with van der Waals surface area (Å²) in [4.78, 5) is 8.45. The molecule has 3 rings (SSSR count). The van der Waals surface area contributed by atoms with Gasteiger partial charge in [0.1, 0.15) is 12.1 Å². The molecule has 0 saturated heterocycles. The standard InChI is InChI=1S/C15H16N6/c1-11-8-12(2)21(20-11)15-9-14(16-10-17-15)19-18-13-6-4-3-5-7-13/h3-10,18H,1-2H3,(H,16,17,19). The minimum atomic E-state index is 0.677. The van der Waals surface area contributed by atoms with Gasteiger partial charge >= 0.3 is 0 Å². The van der Waals surface area contributed by atoms with Gasteiger partial charge in [0.2, 0.25) is 0 Å². The monoisotopic (exact) mass is 280 g/mol. The second-order valence-corrected chi connectivity index (χ2v) is 4.72. The molecule has 0 fully saturated rings. The van der Waals surface area contributed by atoms with E-state index >= 15 is 0 Å². The molecule has 0 aliphatic carbocycles. The van der Waals surface area contributed by atoms with E-state index in [0.717, 1.165) is 22.9 Å². The number of anilines is 2. The molecule has 1 aromatic carbocycles. The number of para-hydroxylation sites is 1. The Morgan fingerprint density at radius 1 is 0.952 bits per heavy atom. The van der Waals surface area contributed by atoms with Gasteiger partial charge < -0.3 is 0 Å². The van der Waals surface area contributed by atoms with Gasteiger partial charge in [-0.25, -0.2) is 14.6 Å². The van der Waals surface area contributed by atoms with Gasteiger partial charge in [-0.05, 0) is 32.0 Å². The fourth-order valence-electron chi connectivity index (χ4n) is 2.05. The molecule has 2 heterocycles. The van der Waals surface area contributed by atoms with E-state index in [1.165, 1.54) is 6.33 Å². The van der Waals surface area contributed by atoms with Crippen molar-refractivity contribution in [3.63, 3.8) is 0 Å². The van der Waals surface area contributed by atoms with Gasteiger partial charge in [-0.2, -0.15) is 5.10 Å². The molecule has 2 aromatic heterocycles. The molecule has 6 nitrogen and oxygen atoms in total. The van der Waals surface area contributed by atoms with E-state index < -0.39 is 0 Å². The zero-order valence-corrected chi connectivity index (χ0v) is 11.9. The van der Waals surface area contributed by atoms with Gasteiger partial charge in [0.05, 0.1) is 11.4 Å². The van der Waals surface area contributed by atoms with E-state index in [9.17, 15) is 0 Å². The number of hydrogen-bond donors (Lipinski definition) is 2. The Morgan fingerprint density at radius 2 is 1.76 bits per heavy atom. The van der Waals surface area contributed by atoms with Crippen LogP contribution >= 0.6 is 0 Å². The number of aromatic nitrogens is 4. The topological polar surface area (TPSA) is 67.7 Å². The van der Waals surface area contributed by atoms with Crippen LogP contribution in [0.15, 0.2) is 48.8 Å². The first-order valence-electron chi connectivity index (χ1n) is 6.65. The van der Waals surface area contributed by atoms with Crippen LogP contribution in [-0.2, 0) is 0 Å². The van der Waals surface area contributed by atoms with Crippen LogP contribution in [0.25, 0.3) is 5.82 Å². The molecule has 0 saturated carbocycles. The van der Waals surface area contributed by atoms with Crippen molar-refractivity contribution in [2.75, 3.05) is 10.9 Å². The van der Waals surface area contributed by atoms with E-state index in [1.807, 2.05) is 56.3 Å². The Kier molecular flexibility index (Phi) is 3.51. The normalized spacial score (nSPS) is 10.4. The van der Waals surface area contributed by atoms with Crippen molar-refractivity contribution in [3.05, 3.63) is 60.2 Å². The minimum absolute atomic E-state index is 0.677. The largest absolute Gasteiger partial charge is 0.300 e. The van der Waals surface area contributed by atoms with Gasteiger partial charge in [0, 0.05) is 11.8 Å². The molecule has 0 aliphatic heterocycles. The maximum absolute atomic E-state index is 4.42. The second kappa shape index (κ2) is 5.62. The first kappa shape index (κ1) is 13.1. The summed E-state index contributed by atoms with van der Waals surface area (Å²) < 4.78 is 1.80. The number of benzene rings is 1. The van der Waals surface area contributed by atoms with Crippen LogP contribution < -0.4 is 10.9 Å². The third kappa shape index (κ3) is 3.00. The predicted octanol–water partition coefficient (Wildman–Crippen LogP) is 2.72. The zero-order chi connectivity index (χ0) is 14.7. The smallest absolute Gasteiger partial charge is 0.159 e. The minimum Gasteiger partial charge on any atom is -0.300 e. The van der Waals surface area contributed by atoms with Gasteiger partial charge in [0.15, 0.2) is 5.82 Å². The number of nitrogens with one attached hydrogen (secondary N) is 2. The maximum Gasteiger partial charge on any atom is 0.159 e. The summed E-state index contributed by atoms with van der Waals surface area (Å²) in [5.41, 5.74) is 9.10. The van der Waals surface area contributed by atoms with Crippen LogP contribution in [0.3, 0.4) is 0 Å². The zero-order valence-electron chi connectivity index (χ0n) is 11.9. The lowest BCUT2D eigenvalue weighted by atomic mass is 10.3. The number of aryl methyl sites for hydroxylation is 2. The maximum atomic E-state index is 4.42. The molecule has 3 aromatic rings. The lowest BCUT2D eigenvalue weighted by Gasteiger charge is -2.10. The summed E-state index contributed by atoms with van der Waals surface area (Å²) in [5, 5.41) is 4.42.